The SMILES string of the molecule is C=C(CNC(C)C)Cn1ccnc1C(C)C. The topological polar surface area (TPSA) is 29.9 Å². The van der Waals surface area contributed by atoms with Crippen molar-refractivity contribution in [1.29, 1.82) is 0 Å². The molecule has 0 amide bonds. The molecule has 0 spiro atoms. The third-order valence-electron chi connectivity index (χ3n) is 2.42. The van der Waals surface area contributed by atoms with Gasteiger partial charge in [-0.2, -0.15) is 0 Å². The molecule has 0 fully saturated rings. The fourth-order valence-corrected chi connectivity index (χ4v) is 1.60. The first-order valence-electron chi connectivity index (χ1n) is 5.91. The summed E-state index contributed by atoms with van der Waals surface area (Å²) in [5, 5.41) is 3.37. The predicted octanol–water partition coefficient (Wildman–Crippen LogP) is 2.56. The van der Waals surface area contributed by atoms with E-state index in [-0.39, 0.29) is 0 Å². The molecule has 0 unspecified atom stereocenters. The minimum absolute atomic E-state index is 0.459. The summed E-state index contributed by atoms with van der Waals surface area (Å²) in [6.45, 7) is 14.4. The molecule has 1 aromatic heterocycles. The van der Waals surface area contributed by atoms with Gasteiger partial charge in [0.2, 0.25) is 0 Å². The maximum Gasteiger partial charge on any atom is 0.111 e. The Bertz CT molecular complexity index is 337. The number of rotatable bonds is 6. The standard InChI is InChI=1S/C13H23N3/c1-10(2)13-14-6-7-16(13)9-12(5)8-15-11(3)4/h6-7,10-11,15H,5,8-9H2,1-4H3. The van der Waals surface area contributed by atoms with Crippen LogP contribution in [0.4, 0.5) is 0 Å². The molecule has 0 aliphatic rings. The zero-order valence-corrected chi connectivity index (χ0v) is 10.8. The number of nitrogens with zero attached hydrogens (tertiary/aromatic N) is 2. The van der Waals surface area contributed by atoms with Gasteiger partial charge in [-0.3, -0.25) is 0 Å². The minimum Gasteiger partial charge on any atom is -0.331 e. The lowest BCUT2D eigenvalue weighted by molar-refractivity contribution is 0.592. The molecular weight excluding hydrogens is 198 g/mol. The number of nitrogens with one attached hydrogen (secondary N) is 1. The van der Waals surface area contributed by atoms with E-state index in [1.807, 2.05) is 12.4 Å². The highest BCUT2D eigenvalue weighted by Gasteiger charge is 2.07. The van der Waals surface area contributed by atoms with Crippen LogP contribution in [0, 0.1) is 0 Å². The number of hydrogen-bond acceptors (Lipinski definition) is 2. The van der Waals surface area contributed by atoms with Crippen LogP contribution in [0.25, 0.3) is 0 Å². The lowest BCUT2D eigenvalue weighted by Crippen LogP contribution is -2.26. The molecule has 0 aromatic carbocycles. The smallest absolute Gasteiger partial charge is 0.111 e. The number of hydrogen-bond donors (Lipinski definition) is 1. The summed E-state index contributed by atoms with van der Waals surface area (Å²) < 4.78 is 2.18. The Balaban J connectivity index is 2.53. The van der Waals surface area contributed by atoms with E-state index in [0.29, 0.717) is 12.0 Å². The van der Waals surface area contributed by atoms with Gasteiger partial charge in [0.25, 0.3) is 0 Å². The van der Waals surface area contributed by atoms with E-state index in [1.165, 1.54) is 5.57 Å². The molecule has 1 rings (SSSR count). The highest BCUT2D eigenvalue weighted by atomic mass is 15.1. The molecule has 0 radical (unpaired) electrons. The van der Waals surface area contributed by atoms with Crippen molar-refractivity contribution in [3.8, 4) is 0 Å². The third-order valence-corrected chi connectivity index (χ3v) is 2.42. The maximum absolute atomic E-state index is 4.37. The molecular formula is C13H23N3. The molecule has 0 atom stereocenters. The summed E-state index contributed by atoms with van der Waals surface area (Å²) in [6.07, 6.45) is 3.88. The van der Waals surface area contributed by atoms with Crippen molar-refractivity contribution in [3.63, 3.8) is 0 Å². The van der Waals surface area contributed by atoms with E-state index in [4.69, 9.17) is 0 Å². The molecule has 0 saturated heterocycles. The zero-order chi connectivity index (χ0) is 12.1. The van der Waals surface area contributed by atoms with E-state index in [9.17, 15) is 0 Å². The van der Waals surface area contributed by atoms with Crippen molar-refractivity contribution >= 4 is 0 Å². The first-order valence-corrected chi connectivity index (χ1v) is 5.91. The van der Waals surface area contributed by atoms with Crippen LogP contribution in [0.3, 0.4) is 0 Å². The van der Waals surface area contributed by atoms with E-state index in [1.54, 1.807) is 0 Å². The monoisotopic (exact) mass is 221 g/mol. The van der Waals surface area contributed by atoms with E-state index in [0.717, 1.165) is 18.9 Å². The molecule has 0 aliphatic carbocycles. The summed E-state index contributed by atoms with van der Waals surface area (Å²) in [7, 11) is 0. The Morgan fingerprint density at radius 2 is 2.12 bits per heavy atom. The molecule has 1 aromatic rings. The fraction of sp³-hybridized carbons (Fsp3) is 0.615. The van der Waals surface area contributed by atoms with E-state index < -0.39 is 0 Å². The van der Waals surface area contributed by atoms with Crippen LogP contribution < -0.4 is 5.32 Å². The van der Waals surface area contributed by atoms with Crippen LogP contribution in [-0.4, -0.2) is 22.1 Å². The summed E-state index contributed by atoms with van der Waals surface area (Å²) in [4.78, 5) is 4.37. The largest absolute Gasteiger partial charge is 0.331 e. The molecule has 3 heteroatoms. The molecule has 0 saturated carbocycles. The van der Waals surface area contributed by atoms with E-state index in [2.05, 4.69) is 49.1 Å². The molecule has 0 bridgehead atoms. The van der Waals surface area contributed by atoms with Gasteiger partial charge in [0, 0.05) is 37.4 Å². The van der Waals surface area contributed by atoms with Gasteiger partial charge in [-0.25, -0.2) is 4.98 Å². The lowest BCUT2D eigenvalue weighted by atomic mass is 10.2. The average molecular weight is 221 g/mol. The molecule has 0 aliphatic heterocycles. The van der Waals surface area contributed by atoms with Gasteiger partial charge < -0.3 is 9.88 Å². The van der Waals surface area contributed by atoms with Crippen molar-refractivity contribution in [3.05, 3.63) is 30.4 Å². The van der Waals surface area contributed by atoms with Crippen LogP contribution >= 0.6 is 0 Å². The van der Waals surface area contributed by atoms with Gasteiger partial charge in [0.1, 0.15) is 5.82 Å². The van der Waals surface area contributed by atoms with Crippen LogP contribution in [0.15, 0.2) is 24.5 Å². The molecule has 1 N–H and O–H groups in total. The average Bonchev–Trinajstić information content (AvgIpc) is 2.62. The second-order valence-electron chi connectivity index (χ2n) is 4.85. The molecule has 16 heavy (non-hydrogen) atoms. The lowest BCUT2D eigenvalue weighted by Gasteiger charge is -2.14. The highest BCUT2D eigenvalue weighted by molar-refractivity contribution is 5.04. The summed E-state index contributed by atoms with van der Waals surface area (Å²) >= 11 is 0. The quantitative estimate of drug-likeness (QED) is 0.748. The number of aromatic nitrogens is 2. The minimum atomic E-state index is 0.459. The normalized spacial score (nSPS) is 11.4. The van der Waals surface area contributed by atoms with Crippen molar-refractivity contribution in [1.82, 2.24) is 14.9 Å². The number of imidazole rings is 1. The highest BCUT2D eigenvalue weighted by Crippen LogP contribution is 2.12. The van der Waals surface area contributed by atoms with Gasteiger partial charge >= 0.3 is 0 Å². The Kier molecular flexibility index (Phi) is 4.74. The Morgan fingerprint density at radius 3 is 2.69 bits per heavy atom. The van der Waals surface area contributed by atoms with E-state index >= 15 is 0 Å². The van der Waals surface area contributed by atoms with Gasteiger partial charge in [-0.1, -0.05) is 34.3 Å². The summed E-state index contributed by atoms with van der Waals surface area (Å²) in [6, 6.07) is 0.504. The second kappa shape index (κ2) is 5.85. The summed E-state index contributed by atoms with van der Waals surface area (Å²) in [5.41, 5.74) is 1.19. The first-order chi connectivity index (χ1) is 7.50. The second-order valence-corrected chi connectivity index (χ2v) is 4.85. The van der Waals surface area contributed by atoms with Crippen LogP contribution in [0.2, 0.25) is 0 Å². The Morgan fingerprint density at radius 1 is 1.44 bits per heavy atom. The van der Waals surface area contributed by atoms with Crippen LogP contribution in [0.5, 0.6) is 0 Å². The van der Waals surface area contributed by atoms with Gasteiger partial charge in [-0.15, -0.1) is 0 Å². The van der Waals surface area contributed by atoms with Crippen LogP contribution in [0.1, 0.15) is 39.4 Å². The predicted molar refractivity (Wildman–Crippen MR) is 68.6 cm³/mol. The molecule has 3 nitrogen and oxygen atoms in total. The third kappa shape index (κ3) is 3.81. The van der Waals surface area contributed by atoms with Gasteiger partial charge in [-0.05, 0) is 5.57 Å². The Labute approximate surface area is 98.6 Å². The Hall–Kier alpha value is -1.09. The molecule has 1 heterocycles. The van der Waals surface area contributed by atoms with Crippen LogP contribution in [-0.2, 0) is 6.54 Å². The summed E-state index contributed by atoms with van der Waals surface area (Å²) in [5.74, 6) is 1.59. The van der Waals surface area contributed by atoms with Gasteiger partial charge in [0.05, 0.1) is 0 Å². The maximum atomic E-state index is 4.37. The van der Waals surface area contributed by atoms with Crippen molar-refractivity contribution < 1.29 is 0 Å². The zero-order valence-electron chi connectivity index (χ0n) is 10.8. The van der Waals surface area contributed by atoms with Crippen molar-refractivity contribution in [2.75, 3.05) is 6.54 Å². The van der Waals surface area contributed by atoms with Crippen molar-refractivity contribution in [2.24, 2.45) is 0 Å². The van der Waals surface area contributed by atoms with Crippen molar-refractivity contribution in [2.45, 2.75) is 46.2 Å². The van der Waals surface area contributed by atoms with Gasteiger partial charge in [0.15, 0.2) is 0 Å². The fourth-order valence-electron chi connectivity index (χ4n) is 1.60. The first kappa shape index (κ1) is 13.0. The molecule has 90 valence electrons.